The van der Waals surface area contributed by atoms with Gasteiger partial charge in [0.1, 0.15) is 6.61 Å². The quantitative estimate of drug-likeness (QED) is 0.696. The Morgan fingerprint density at radius 1 is 1.27 bits per heavy atom. The topological polar surface area (TPSA) is 74.1 Å². The standard InChI is InChI=1S/C19H25N3O3S/c1-2-11-25-13-17-20-18(19(9-10-19)15-6-4-3-5-7-15)21-22(17)16-8-12-26(23,24)14-16/h3-7,16H,2,8-14H2,1H3/t16-/m1/s1. The molecule has 7 heteroatoms. The summed E-state index contributed by atoms with van der Waals surface area (Å²) in [7, 11) is -2.98. The fraction of sp³-hybridized carbons (Fsp3) is 0.579. The van der Waals surface area contributed by atoms with E-state index in [-0.39, 0.29) is 23.0 Å². The molecule has 0 N–H and O–H groups in total. The number of ether oxygens (including phenoxy) is 1. The van der Waals surface area contributed by atoms with Crippen molar-refractivity contribution in [3.8, 4) is 0 Å². The Labute approximate surface area is 154 Å². The predicted octanol–water partition coefficient (Wildman–Crippen LogP) is 2.64. The Morgan fingerprint density at radius 3 is 2.65 bits per heavy atom. The Balaban J connectivity index is 1.67. The lowest BCUT2D eigenvalue weighted by atomic mass is 9.95. The molecule has 0 radical (unpaired) electrons. The van der Waals surface area contributed by atoms with Gasteiger partial charge in [-0.05, 0) is 31.2 Å². The zero-order chi connectivity index (χ0) is 18.2. The van der Waals surface area contributed by atoms with Gasteiger partial charge in [-0.2, -0.15) is 5.10 Å². The molecule has 2 aromatic rings. The largest absolute Gasteiger partial charge is 0.373 e. The molecule has 2 aliphatic rings. The van der Waals surface area contributed by atoms with Crippen molar-refractivity contribution in [1.82, 2.24) is 14.8 Å². The van der Waals surface area contributed by atoms with E-state index in [9.17, 15) is 8.42 Å². The maximum Gasteiger partial charge on any atom is 0.161 e. The third-order valence-corrected chi connectivity index (χ3v) is 7.09. The highest BCUT2D eigenvalue weighted by molar-refractivity contribution is 7.91. The predicted molar refractivity (Wildman–Crippen MR) is 98.7 cm³/mol. The summed E-state index contributed by atoms with van der Waals surface area (Å²) in [5, 5.41) is 4.81. The molecule has 0 bridgehead atoms. The van der Waals surface area contributed by atoms with Gasteiger partial charge < -0.3 is 4.74 Å². The van der Waals surface area contributed by atoms with Gasteiger partial charge in [0.25, 0.3) is 0 Å². The molecule has 6 nitrogen and oxygen atoms in total. The van der Waals surface area contributed by atoms with E-state index in [1.165, 1.54) is 5.56 Å². The van der Waals surface area contributed by atoms with Crippen molar-refractivity contribution in [1.29, 1.82) is 0 Å². The Hall–Kier alpha value is -1.73. The van der Waals surface area contributed by atoms with Gasteiger partial charge in [-0.25, -0.2) is 18.1 Å². The molecule has 140 valence electrons. The number of benzene rings is 1. The van der Waals surface area contributed by atoms with Crippen LogP contribution in [0.2, 0.25) is 0 Å². The Bertz CT molecular complexity index is 873. The Morgan fingerprint density at radius 2 is 2.04 bits per heavy atom. The van der Waals surface area contributed by atoms with Gasteiger partial charge in [0.05, 0.1) is 23.0 Å². The van der Waals surface area contributed by atoms with E-state index in [2.05, 4.69) is 19.1 Å². The number of nitrogens with zero attached hydrogens (tertiary/aromatic N) is 3. The first-order valence-electron chi connectivity index (χ1n) is 9.34. The molecule has 26 heavy (non-hydrogen) atoms. The molecule has 0 amide bonds. The van der Waals surface area contributed by atoms with E-state index in [0.29, 0.717) is 19.6 Å². The molecule has 2 fully saturated rings. The van der Waals surface area contributed by atoms with Crippen molar-refractivity contribution < 1.29 is 13.2 Å². The molecule has 1 saturated carbocycles. The molecule has 2 heterocycles. The maximum absolute atomic E-state index is 11.9. The number of hydrogen-bond acceptors (Lipinski definition) is 5. The van der Waals surface area contributed by atoms with Crippen LogP contribution in [0.15, 0.2) is 30.3 Å². The summed E-state index contributed by atoms with van der Waals surface area (Å²) in [4.78, 5) is 4.82. The summed E-state index contributed by atoms with van der Waals surface area (Å²) in [6, 6.07) is 10.2. The lowest BCUT2D eigenvalue weighted by Gasteiger charge is -2.12. The normalized spacial score (nSPS) is 23.2. The summed E-state index contributed by atoms with van der Waals surface area (Å²) in [5.74, 6) is 1.93. The van der Waals surface area contributed by atoms with Crippen LogP contribution in [0.5, 0.6) is 0 Å². The van der Waals surface area contributed by atoms with Crippen LogP contribution in [0.1, 0.15) is 55.9 Å². The SMILES string of the molecule is CCCOCc1nc(C2(c3ccccc3)CC2)nn1[C@@H]1CCS(=O)(=O)C1. The number of hydrogen-bond donors (Lipinski definition) is 0. The van der Waals surface area contributed by atoms with Crippen LogP contribution in [-0.4, -0.2) is 41.3 Å². The minimum absolute atomic E-state index is 0.122. The van der Waals surface area contributed by atoms with Crippen molar-refractivity contribution in [3.63, 3.8) is 0 Å². The molecular weight excluding hydrogens is 350 g/mol. The number of rotatable bonds is 7. The van der Waals surface area contributed by atoms with Crippen molar-refractivity contribution in [2.45, 2.75) is 50.7 Å². The molecule has 1 aromatic heterocycles. The zero-order valence-electron chi connectivity index (χ0n) is 15.1. The van der Waals surface area contributed by atoms with Crippen LogP contribution in [0, 0.1) is 0 Å². The third-order valence-electron chi connectivity index (χ3n) is 5.34. The summed E-state index contributed by atoms with van der Waals surface area (Å²) in [6.07, 6.45) is 3.59. The number of aromatic nitrogens is 3. The van der Waals surface area contributed by atoms with E-state index < -0.39 is 9.84 Å². The van der Waals surface area contributed by atoms with Crippen LogP contribution < -0.4 is 0 Å². The van der Waals surface area contributed by atoms with E-state index in [1.54, 1.807) is 0 Å². The van der Waals surface area contributed by atoms with Gasteiger partial charge in [0.15, 0.2) is 21.5 Å². The summed E-state index contributed by atoms with van der Waals surface area (Å²) < 4.78 is 31.4. The fourth-order valence-electron chi connectivity index (χ4n) is 3.75. The fourth-order valence-corrected chi connectivity index (χ4v) is 5.44. The smallest absolute Gasteiger partial charge is 0.161 e. The molecule has 4 rings (SSSR count). The van der Waals surface area contributed by atoms with Crippen molar-refractivity contribution in [2.75, 3.05) is 18.1 Å². The highest BCUT2D eigenvalue weighted by Crippen LogP contribution is 2.52. The van der Waals surface area contributed by atoms with Crippen molar-refractivity contribution >= 4 is 9.84 Å². The first-order chi connectivity index (χ1) is 12.5. The highest BCUT2D eigenvalue weighted by Gasteiger charge is 2.50. The van der Waals surface area contributed by atoms with Gasteiger partial charge in [-0.1, -0.05) is 37.3 Å². The van der Waals surface area contributed by atoms with Crippen LogP contribution in [-0.2, 0) is 26.6 Å². The minimum Gasteiger partial charge on any atom is -0.373 e. The zero-order valence-corrected chi connectivity index (χ0v) is 15.9. The van der Waals surface area contributed by atoms with Crippen molar-refractivity contribution in [2.24, 2.45) is 0 Å². The average Bonchev–Trinajstić information content (AvgIpc) is 3.21. The van der Waals surface area contributed by atoms with Crippen LogP contribution in [0.3, 0.4) is 0 Å². The summed E-state index contributed by atoms with van der Waals surface area (Å²) >= 11 is 0. The molecule has 0 spiro atoms. The van der Waals surface area contributed by atoms with E-state index >= 15 is 0 Å². The lowest BCUT2D eigenvalue weighted by Crippen LogP contribution is -2.17. The van der Waals surface area contributed by atoms with Crippen LogP contribution in [0.4, 0.5) is 0 Å². The van der Waals surface area contributed by atoms with E-state index in [4.69, 9.17) is 14.8 Å². The van der Waals surface area contributed by atoms with Gasteiger partial charge in [0.2, 0.25) is 0 Å². The summed E-state index contributed by atoms with van der Waals surface area (Å²) in [6.45, 7) is 3.10. The molecule has 1 atom stereocenters. The monoisotopic (exact) mass is 375 g/mol. The minimum atomic E-state index is -2.98. The lowest BCUT2D eigenvalue weighted by molar-refractivity contribution is 0.111. The first kappa shape index (κ1) is 17.7. The average molecular weight is 375 g/mol. The maximum atomic E-state index is 11.9. The summed E-state index contributed by atoms with van der Waals surface area (Å²) in [5.41, 5.74) is 1.11. The van der Waals surface area contributed by atoms with Crippen LogP contribution in [0.25, 0.3) is 0 Å². The van der Waals surface area contributed by atoms with E-state index in [1.807, 2.05) is 22.9 Å². The third kappa shape index (κ3) is 3.30. The van der Waals surface area contributed by atoms with E-state index in [0.717, 1.165) is 30.9 Å². The highest BCUT2D eigenvalue weighted by atomic mass is 32.2. The molecule has 1 aliphatic heterocycles. The van der Waals surface area contributed by atoms with Gasteiger partial charge in [0, 0.05) is 6.61 Å². The second kappa shape index (κ2) is 6.78. The first-order valence-corrected chi connectivity index (χ1v) is 11.2. The second-order valence-electron chi connectivity index (χ2n) is 7.35. The Kier molecular flexibility index (Phi) is 4.61. The van der Waals surface area contributed by atoms with Crippen LogP contribution >= 0.6 is 0 Å². The molecule has 1 aromatic carbocycles. The molecule has 0 unspecified atom stereocenters. The van der Waals surface area contributed by atoms with Gasteiger partial charge in [-0.3, -0.25) is 0 Å². The molecule has 1 saturated heterocycles. The van der Waals surface area contributed by atoms with Gasteiger partial charge in [-0.15, -0.1) is 0 Å². The molecule has 1 aliphatic carbocycles. The van der Waals surface area contributed by atoms with Crippen molar-refractivity contribution in [3.05, 3.63) is 47.5 Å². The second-order valence-corrected chi connectivity index (χ2v) is 9.58. The number of sulfone groups is 1. The van der Waals surface area contributed by atoms with Gasteiger partial charge >= 0.3 is 0 Å². The molecular formula is C19H25N3O3S.